The first-order valence-corrected chi connectivity index (χ1v) is 13.5. The Morgan fingerprint density at radius 3 is 1.12 bits per heavy atom. The highest BCUT2D eigenvalue weighted by Crippen LogP contribution is 2.22. The number of rotatable bonds is 12. The molecule has 0 aliphatic heterocycles. The van der Waals surface area contributed by atoms with E-state index >= 15 is 0 Å². The van der Waals surface area contributed by atoms with Gasteiger partial charge < -0.3 is 14.2 Å². The fourth-order valence-electron chi connectivity index (χ4n) is 3.28. The van der Waals surface area contributed by atoms with Crippen molar-refractivity contribution in [1.29, 1.82) is 0 Å². The Kier molecular flexibility index (Phi) is 8.30. The predicted molar refractivity (Wildman–Crippen MR) is 134 cm³/mol. The monoisotopic (exact) mass is 501 g/mol. The first kappa shape index (κ1) is 23.7. The average molecular weight is 502 g/mol. The second-order valence-electron chi connectivity index (χ2n) is 7.82. The molecule has 0 aliphatic rings. The van der Waals surface area contributed by atoms with E-state index in [1.165, 1.54) is 14.6 Å². The molecule has 3 atom stereocenters. The van der Waals surface area contributed by atoms with E-state index in [0.29, 0.717) is 0 Å². The molecule has 3 unspecified atom stereocenters. The van der Waals surface area contributed by atoms with Crippen LogP contribution in [0.2, 0.25) is 0 Å². The molecule has 0 saturated heterocycles. The number of thiophene rings is 3. The van der Waals surface area contributed by atoms with Crippen molar-refractivity contribution in [3.8, 4) is 18.0 Å². The predicted octanol–water partition coefficient (Wildman–Crippen LogP) is 6.09. The highest BCUT2D eigenvalue weighted by atomic mass is 32.1. The summed E-state index contributed by atoms with van der Waals surface area (Å²) in [5.41, 5.74) is 0. The number of hydrogen-bond donors (Lipinski definition) is 0. The number of hydrogen-bond acceptors (Lipinski definition) is 9. The Hall–Kier alpha value is -2.49. The molecule has 0 bridgehead atoms. The minimum atomic E-state index is -0.0983. The van der Waals surface area contributed by atoms with Crippen LogP contribution in [0.1, 0.15) is 35.4 Å². The van der Waals surface area contributed by atoms with Crippen LogP contribution >= 0.6 is 34.0 Å². The van der Waals surface area contributed by atoms with Gasteiger partial charge in [0.1, 0.15) is 18.3 Å². The molecule has 33 heavy (non-hydrogen) atoms. The third-order valence-corrected chi connectivity index (χ3v) is 7.40. The smallest absolute Gasteiger partial charge is 0.326 e. The van der Waals surface area contributed by atoms with Crippen LogP contribution < -0.4 is 14.2 Å². The van der Waals surface area contributed by atoms with Crippen LogP contribution in [-0.2, 0) is 19.3 Å². The standard InChI is InChI=1S/C24H27N3O3S3/c1-16(13-19-7-4-10-31-19)28-22-25-23(29-17(2)14-20-8-5-11-32-20)27-24(26-22)30-18(3)15-21-9-6-12-33-21/h4-12,16-18H,13-15H2,1-3H3. The summed E-state index contributed by atoms with van der Waals surface area (Å²) in [7, 11) is 0. The van der Waals surface area contributed by atoms with Gasteiger partial charge in [-0.25, -0.2) is 0 Å². The van der Waals surface area contributed by atoms with E-state index in [0.717, 1.165) is 19.3 Å². The molecule has 174 valence electrons. The molecule has 0 fully saturated rings. The van der Waals surface area contributed by atoms with Crippen LogP contribution in [0.3, 0.4) is 0 Å². The zero-order valence-corrected chi connectivity index (χ0v) is 21.3. The van der Waals surface area contributed by atoms with E-state index in [-0.39, 0.29) is 36.3 Å². The largest absolute Gasteiger partial charge is 0.460 e. The second-order valence-corrected chi connectivity index (χ2v) is 10.9. The van der Waals surface area contributed by atoms with E-state index in [9.17, 15) is 0 Å². The molecule has 0 spiro atoms. The van der Waals surface area contributed by atoms with Crippen molar-refractivity contribution < 1.29 is 14.2 Å². The molecule has 4 aromatic heterocycles. The van der Waals surface area contributed by atoms with Crippen molar-refractivity contribution in [1.82, 2.24) is 15.0 Å². The molecular formula is C24H27N3O3S3. The third-order valence-electron chi connectivity index (χ3n) is 4.70. The van der Waals surface area contributed by atoms with Crippen LogP contribution in [0, 0.1) is 0 Å². The van der Waals surface area contributed by atoms with E-state index in [1.807, 2.05) is 39.0 Å². The van der Waals surface area contributed by atoms with Crippen LogP contribution in [0.15, 0.2) is 52.5 Å². The van der Waals surface area contributed by atoms with Crippen molar-refractivity contribution in [3.63, 3.8) is 0 Å². The maximum absolute atomic E-state index is 6.03. The SMILES string of the molecule is CC(Cc1cccs1)Oc1nc(OC(C)Cc2cccs2)nc(OC(C)Cc2cccs2)n1. The number of nitrogens with zero attached hydrogens (tertiary/aromatic N) is 3. The number of ether oxygens (including phenoxy) is 3. The van der Waals surface area contributed by atoms with Gasteiger partial charge >= 0.3 is 18.0 Å². The molecule has 4 aromatic rings. The minimum absolute atomic E-state index is 0.0983. The van der Waals surface area contributed by atoms with Crippen molar-refractivity contribution in [2.45, 2.75) is 58.3 Å². The van der Waals surface area contributed by atoms with Crippen molar-refractivity contribution in [2.24, 2.45) is 0 Å². The molecule has 9 heteroatoms. The van der Waals surface area contributed by atoms with Gasteiger partial charge in [0, 0.05) is 33.9 Å². The average Bonchev–Trinajstić information content (AvgIpc) is 3.51. The molecule has 0 amide bonds. The Bertz CT molecular complexity index is 935. The fourth-order valence-corrected chi connectivity index (χ4v) is 5.74. The van der Waals surface area contributed by atoms with Gasteiger partial charge in [-0.2, -0.15) is 0 Å². The topological polar surface area (TPSA) is 66.4 Å². The van der Waals surface area contributed by atoms with Gasteiger partial charge in [0.05, 0.1) is 0 Å². The van der Waals surface area contributed by atoms with Crippen molar-refractivity contribution >= 4 is 34.0 Å². The molecule has 0 N–H and O–H groups in total. The van der Waals surface area contributed by atoms with Gasteiger partial charge in [0.15, 0.2) is 0 Å². The van der Waals surface area contributed by atoms with Gasteiger partial charge in [0.2, 0.25) is 0 Å². The molecule has 0 aliphatic carbocycles. The molecule has 0 aromatic carbocycles. The summed E-state index contributed by atoms with van der Waals surface area (Å²) in [6, 6.07) is 13.0. The molecule has 4 rings (SSSR count). The molecule has 0 radical (unpaired) electrons. The zero-order chi connectivity index (χ0) is 23.0. The summed E-state index contributed by atoms with van der Waals surface area (Å²) in [4.78, 5) is 17.0. The summed E-state index contributed by atoms with van der Waals surface area (Å²) in [6.45, 7) is 6.01. The normalized spacial score (nSPS) is 13.9. The highest BCUT2D eigenvalue weighted by Gasteiger charge is 2.18. The third kappa shape index (κ3) is 7.52. The lowest BCUT2D eigenvalue weighted by Gasteiger charge is -2.17. The summed E-state index contributed by atoms with van der Waals surface area (Å²) in [6.07, 6.45) is 2.04. The molecule has 4 heterocycles. The first-order chi connectivity index (χ1) is 16.0. The zero-order valence-electron chi connectivity index (χ0n) is 18.8. The van der Waals surface area contributed by atoms with Gasteiger partial charge in [-0.05, 0) is 55.1 Å². The van der Waals surface area contributed by atoms with Crippen molar-refractivity contribution in [3.05, 3.63) is 67.2 Å². The van der Waals surface area contributed by atoms with Gasteiger partial charge in [0.25, 0.3) is 0 Å². The van der Waals surface area contributed by atoms with E-state index in [1.54, 1.807) is 34.0 Å². The minimum Gasteiger partial charge on any atom is -0.460 e. The van der Waals surface area contributed by atoms with Crippen molar-refractivity contribution in [2.75, 3.05) is 0 Å². The van der Waals surface area contributed by atoms with Crippen LogP contribution in [-0.4, -0.2) is 33.3 Å². The lowest BCUT2D eigenvalue weighted by atomic mass is 10.2. The lowest BCUT2D eigenvalue weighted by Crippen LogP contribution is -2.21. The van der Waals surface area contributed by atoms with Gasteiger partial charge in [-0.3, -0.25) is 0 Å². The maximum Gasteiger partial charge on any atom is 0.326 e. The lowest BCUT2D eigenvalue weighted by molar-refractivity contribution is 0.159. The summed E-state index contributed by atoms with van der Waals surface area (Å²) < 4.78 is 18.1. The van der Waals surface area contributed by atoms with E-state index < -0.39 is 0 Å². The highest BCUT2D eigenvalue weighted by molar-refractivity contribution is 7.10. The van der Waals surface area contributed by atoms with Gasteiger partial charge in [-0.15, -0.1) is 49.0 Å². The van der Waals surface area contributed by atoms with Crippen LogP contribution in [0.25, 0.3) is 0 Å². The quantitative estimate of drug-likeness (QED) is 0.234. The fraction of sp³-hybridized carbons (Fsp3) is 0.375. The second kappa shape index (κ2) is 11.6. The maximum atomic E-state index is 6.03. The first-order valence-electron chi connectivity index (χ1n) is 10.9. The van der Waals surface area contributed by atoms with Crippen LogP contribution in [0.4, 0.5) is 0 Å². The molecule has 0 saturated carbocycles. The summed E-state index contributed by atoms with van der Waals surface area (Å²) in [5.74, 6) is 0. The Morgan fingerprint density at radius 1 is 0.576 bits per heavy atom. The molecular weight excluding hydrogens is 474 g/mol. The summed E-state index contributed by atoms with van der Waals surface area (Å²) in [5, 5.41) is 6.19. The van der Waals surface area contributed by atoms with Gasteiger partial charge in [-0.1, -0.05) is 18.2 Å². The van der Waals surface area contributed by atoms with E-state index in [4.69, 9.17) is 14.2 Å². The Balaban J connectivity index is 1.46. The van der Waals surface area contributed by atoms with Crippen LogP contribution in [0.5, 0.6) is 18.0 Å². The van der Waals surface area contributed by atoms with E-state index in [2.05, 4.69) is 49.3 Å². The summed E-state index contributed by atoms with van der Waals surface area (Å²) >= 11 is 5.12. The Labute approximate surface area is 206 Å². The Morgan fingerprint density at radius 2 is 0.879 bits per heavy atom. The molecule has 6 nitrogen and oxygen atoms in total. The number of aromatic nitrogens is 3.